The Hall–Kier alpha value is -2.40. The molecule has 2 N–H and O–H groups in total. The summed E-state index contributed by atoms with van der Waals surface area (Å²) < 4.78 is 13.0. The SMILES string of the molecule is CC(C)NC(=O)c1ccc(Cl)cc1NC(=O)C1CC1c1ccc(F)cc1. The van der Waals surface area contributed by atoms with Crippen LogP contribution in [0.2, 0.25) is 5.02 Å². The molecule has 1 aliphatic rings. The standard InChI is InChI=1S/C20H20ClFN2O2/c1-11(2)23-19(25)15-8-5-13(21)9-18(15)24-20(26)17-10-16(17)12-3-6-14(22)7-4-12/h3-9,11,16-17H,10H2,1-2H3,(H,23,25)(H,24,26). The first-order valence-electron chi connectivity index (χ1n) is 8.52. The molecule has 0 bridgehead atoms. The first kappa shape index (κ1) is 18.4. The molecule has 0 radical (unpaired) electrons. The van der Waals surface area contributed by atoms with E-state index in [1.165, 1.54) is 12.1 Å². The molecule has 0 aliphatic heterocycles. The molecule has 136 valence electrons. The molecule has 1 aliphatic carbocycles. The van der Waals surface area contributed by atoms with Crippen LogP contribution in [0.25, 0.3) is 0 Å². The van der Waals surface area contributed by atoms with Crippen molar-refractivity contribution >= 4 is 29.1 Å². The van der Waals surface area contributed by atoms with E-state index in [0.29, 0.717) is 22.7 Å². The van der Waals surface area contributed by atoms with Gasteiger partial charge in [-0.3, -0.25) is 9.59 Å². The van der Waals surface area contributed by atoms with Gasteiger partial charge in [-0.05, 0) is 62.1 Å². The third-order valence-corrected chi connectivity index (χ3v) is 4.56. The van der Waals surface area contributed by atoms with Crippen molar-refractivity contribution in [3.63, 3.8) is 0 Å². The van der Waals surface area contributed by atoms with Crippen LogP contribution in [0, 0.1) is 11.7 Å². The Kier molecular flexibility index (Phi) is 5.28. The number of anilines is 1. The molecule has 3 rings (SSSR count). The van der Waals surface area contributed by atoms with Gasteiger partial charge in [-0.2, -0.15) is 0 Å². The van der Waals surface area contributed by atoms with Gasteiger partial charge >= 0.3 is 0 Å². The minimum Gasteiger partial charge on any atom is -0.350 e. The van der Waals surface area contributed by atoms with Crippen LogP contribution in [0.4, 0.5) is 10.1 Å². The van der Waals surface area contributed by atoms with Gasteiger partial charge in [-0.15, -0.1) is 0 Å². The van der Waals surface area contributed by atoms with Crippen LogP contribution >= 0.6 is 11.6 Å². The van der Waals surface area contributed by atoms with Gasteiger partial charge in [0, 0.05) is 17.0 Å². The minimum atomic E-state index is -0.296. The Morgan fingerprint density at radius 2 is 1.85 bits per heavy atom. The van der Waals surface area contributed by atoms with Gasteiger partial charge in [-0.1, -0.05) is 23.7 Å². The average Bonchev–Trinajstić information content (AvgIpc) is 3.35. The van der Waals surface area contributed by atoms with Crippen LogP contribution in [0.3, 0.4) is 0 Å². The molecule has 0 heterocycles. The average molecular weight is 375 g/mol. The number of hydrogen-bond acceptors (Lipinski definition) is 2. The first-order valence-corrected chi connectivity index (χ1v) is 8.89. The van der Waals surface area contributed by atoms with Crippen LogP contribution in [-0.4, -0.2) is 17.9 Å². The Balaban J connectivity index is 1.72. The van der Waals surface area contributed by atoms with Gasteiger partial charge in [0.2, 0.25) is 5.91 Å². The summed E-state index contributed by atoms with van der Waals surface area (Å²) in [6, 6.07) is 11.0. The Labute approximate surface area is 156 Å². The van der Waals surface area contributed by atoms with Crippen molar-refractivity contribution in [2.24, 2.45) is 5.92 Å². The van der Waals surface area contributed by atoms with E-state index in [-0.39, 0.29) is 35.5 Å². The number of rotatable bonds is 5. The molecule has 4 nitrogen and oxygen atoms in total. The maximum atomic E-state index is 13.0. The monoisotopic (exact) mass is 374 g/mol. The summed E-state index contributed by atoms with van der Waals surface area (Å²) in [5.41, 5.74) is 1.70. The highest BCUT2D eigenvalue weighted by Crippen LogP contribution is 2.48. The molecule has 1 saturated carbocycles. The number of carbonyl (C=O) groups excluding carboxylic acids is 2. The van der Waals surface area contributed by atoms with Crippen LogP contribution in [0.5, 0.6) is 0 Å². The second-order valence-electron chi connectivity index (χ2n) is 6.81. The van der Waals surface area contributed by atoms with Gasteiger partial charge in [0.05, 0.1) is 11.3 Å². The second-order valence-corrected chi connectivity index (χ2v) is 7.24. The summed E-state index contributed by atoms with van der Waals surface area (Å²) in [5.74, 6) is -0.851. The second kappa shape index (κ2) is 7.46. The molecule has 2 aromatic rings. The topological polar surface area (TPSA) is 58.2 Å². The fraction of sp³-hybridized carbons (Fsp3) is 0.300. The highest BCUT2D eigenvalue weighted by atomic mass is 35.5. The molecule has 2 atom stereocenters. The minimum absolute atomic E-state index is 0.0204. The number of hydrogen-bond donors (Lipinski definition) is 2. The molecule has 0 spiro atoms. The fourth-order valence-electron chi connectivity index (χ4n) is 2.95. The van der Waals surface area contributed by atoms with E-state index in [0.717, 1.165) is 5.56 Å². The Morgan fingerprint density at radius 1 is 1.15 bits per heavy atom. The van der Waals surface area contributed by atoms with Crippen LogP contribution in [0.1, 0.15) is 42.1 Å². The molecule has 0 saturated heterocycles. The van der Waals surface area contributed by atoms with E-state index >= 15 is 0 Å². The Morgan fingerprint density at radius 3 is 2.50 bits per heavy atom. The lowest BCUT2D eigenvalue weighted by Crippen LogP contribution is -2.31. The molecular formula is C20H20ClFN2O2. The quantitative estimate of drug-likeness (QED) is 0.816. The van der Waals surface area contributed by atoms with E-state index < -0.39 is 0 Å². The van der Waals surface area contributed by atoms with Crippen LogP contribution in [0.15, 0.2) is 42.5 Å². The van der Waals surface area contributed by atoms with Crippen molar-refractivity contribution in [2.45, 2.75) is 32.2 Å². The van der Waals surface area contributed by atoms with E-state index in [1.54, 1.807) is 30.3 Å². The summed E-state index contributed by atoms with van der Waals surface area (Å²) in [4.78, 5) is 24.9. The van der Waals surface area contributed by atoms with Gasteiger partial charge in [-0.25, -0.2) is 4.39 Å². The zero-order valence-electron chi connectivity index (χ0n) is 14.6. The van der Waals surface area contributed by atoms with Crippen molar-refractivity contribution in [1.82, 2.24) is 5.32 Å². The van der Waals surface area contributed by atoms with Crippen molar-refractivity contribution < 1.29 is 14.0 Å². The summed E-state index contributed by atoms with van der Waals surface area (Å²) in [6.07, 6.45) is 0.700. The Bertz CT molecular complexity index is 836. The number of amides is 2. The number of carbonyl (C=O) groups is 2. The normalized spacial score (nSPS) is 18.5. The summed E-state index contributed by atoms with van der Waals surface area (Å²) in [5, 5.41) is 6.07. The largest absolute Gasteiger partial charge is 0.350 e. The van der Waals surface area contributed by atoms with Crippen molar-refractivity contribution in [1.29, 1.82) is 0 Å². The number of nitrogens with one attached hydrogen (secondary N) is 2. The summed E-state index contributed by atoms with van der Waals surface area (Å²) in [6.45, 7) is 3.73. The van der Waals surface area contributed by atoms with Gasteiger partial charge < -0.3 is 10.6 Å². The molecule has 2 unspecified atom stereocenters. The van der Waals surface area contributed by atoms with Crippen LogP contribution in [-0.2, 0) is 4.79 Å². The van der Waals surface area contributed by atoms with Crippen molar-refractivity contribution in [3.8, 4) is 0 Å². The lowest BCUT2D eigenvalue weighted by Gasteiger charge is -2.13. The van der Waals surface area contributed by atoms with E-state index in [2.05, 4.69) is 10.6 Å². The molecule has 2 aromatic carbocycles. The number of benzene rings is 2. The molecular weight excluding hydrogens is 355 g/mol. The van der Waals surface area contributed by atoms with E-state index in [1.807, 2.05) is 13.8 Å². The summed E-state index contributed by atoms with van der Waals surface area (Å²) in [7, 11) is 0. The predicted molar refractivity (Wildman–Crippen MR) is 99.9 cm³/mol. The van der Waals surface area contributed by atoms with Gasteiger partial charge in [0.15, 0.2) is 0 Å². The highest BCUT2D eigenvalue weighted by molar-refractivity contribution is 6.31. The van der Waals surface area contributed by atoms with E-state index in [4.69, 9.17) is 11.6 Å². The fourth-order valence-corrected chi connectivity index (χ4v) is 3.12. The number of halogens is 2. The highest BCUT2D eigenvalue weighted by Gasteiger charge is 2.44. The molecule has 0 aromatic heterocycles. The zero-order valence-corrected chi connectivity index (χ0v) is 15.3. The third-order valence-electron chi connectivity index (χ3n) is 4.33. The summed E-state index contributed by atoms with van der Waals surface area (Å²) >= 11 is 6.03. The first-order chi connectivity index (χ1) is 12.3. The zero-order chi connectivity index (χ0) is 18.8. The van der Waals surface area contributed by atoms with Crippen molar-refractivity contribution in [3.05, 3.63) is 64.4 Å². The predicted octanol–water partition coefficient (Wildman–Crippen LogP) is 4.36. The van der Waals surface area contributed by atoms with Crippen LogP contribution < -0.4 is 10.6 Å². The van der Waals surface area contributed by atoms with Gasteiger partial charge in [0.25, 0.3) is 5.91 Å². The lowest BCUT2D eigenvalue weighted by molar-refractivity contribution is -0.117. The van der Waals surface area contributed by atoms with E-state index in [9.17, 15) is 14.0 Å². The van der Waals surface area contributed by atoms with Gasteiger partial charge in [0.1, 0.15) is 5.82 Å². The molecule has 1 fully saturated rings. The third kappa shape index (κ3) is 4.22. The maximum Gasteiger partial charge on any atom is 0.253 e. The smallest absolute Gasteiger partial charge is 0.253 e. The van der Waals surface area contributed by atoms with Crippen molar-refractivity contribution in [2.75, 3.05) is 5.32 Å². The molecule has 6 heteroatoms. The maximum absolute atomic E-state index is 13.0. The molecule has 2 amide bonds. The lowest BCUT2D eigenvalue weighted by atomic mass is 10.1. The molecule has 26 heavy (non-hydrogen) atoms.